The van der Waals surface area contributed by atoms with Gasteiger partial charge in [0.15, 0.2) is 0 Å². The lowest BCUT2D eigenvalue weighted by molar-refractivity contribution is 0.0894. The van der Waals surface area contributed by atoms with Gasteiger partial charge in [-0.25, -0.2) is 4.68 Å². The molecular weight excluding hydrogens is 176 g/mol. The first kappa shape index (κ1) is 9.26. The van der Waals surface area contributed by atoms with E-state index in [0.29, 0.717) is 0 Å². The molecule has 12 heavy (non-hydrogen) atoms. The van der Waals surface area contributed by atoms with Crippen LogP contribution in [-0.4, -0.2) is 21.1 Å². The van der Waals surface area contributed by atoms with Crippen LogP contribution in [0.5, 0.6) is 0 Å². The van der Waals surface area contributed by atoms with Crippen molar-refractivity contribution in [1.29, 1.82) is 0 Å². The van der Waals surface area contributed by atoms with Crippen LogP contribution in [0.2, 0.25) is 0 Å². The Morgan fingerprint density at radius 1 is 1.67 bits per heavy atom. The molecule has 0 amide bonds. The summed E-state index contributed by atoms with van der Waals surface area (Å²) in [6.07, 6.45) is 0. The van der Waals surface area contributed by atoms with E-state index in [0.717, 1.165) is 11.4 Å². The molecule has 0 fully saturated rings. The maximum atomic E-state index is 11.3. The summed E-state index contributed by atoms with van der Waals surface area (Å²) < 4.78 is 1.34. The summed E-state index contributed by atoms with van der Waals surface area (Å²) in [5.74, 6) is -0.178. The molecular formula is C8H11ClN2O. The fourth-order valence-corrected chi connectivity index (χ4v) is 1.11. The molecule has 3 nitrogen and oxygen atoms in total. The normalized spacial score (nSPS) is 13.0. The third-order valence-electron chi connectivity index (χ3n) is 1.56. The summed E-state index contributed by atoms with van der Waals surface area (Å²) in [6.45, 7) is 5.31. The van der Waals surface area contributed by atoms with Gasteiger partial charge in [-0.15, -0.1) is 11.6 Å². The van der Waals surface area contributed by atoms with Crippen LogP contribution in [-0.2, 0) is 0 Å². The molecule has 0 aromatic carbocycles. The Balaban J connectivity index is 3.02. The van der Waals surface area contributed by atoms with Gasteiger partial charge in [0.05, 0.1) is 5.69 Å². The molecule has 0 spiro atoms. The molecule has 4 heteroatoms. The van der Waals surface area contributed by atoms with E-state index in [9.17, 15) is 4.79 Å². The zero-order valence-corrected chi connectivity index (χ0v) is 8.09. The summed E-state index contributed by atoms with van der Waals surface area (Å²) in [4.78, 5) is 11.3. The predicted octanol–water partition coefficient (Wildman–Crippen LogP) is 1.77. The second-order valence-corrected chi connectivity index (χ2v) is 3.45. The van der Waals surface area contributed by atoms with E-state index < -0.39 is 5.38 Å². The molecule has 0 aliphatic rings. The minimum Gasteiger partial charge on any atom is -0.271 e. The van der Waals surface area contributed by atoms with Crippen molar-refractivity contribution in [2.75, 3.05) is 0 Å². The molecule has 0 N–H and O–H groups in total. The van der Waals surface area contributed by atoms with Crippen molar-refractivity contribution in [2.24, 2.45) is 0 Å². The van der Waals surface area contributed by atoms with E-state index >= 15 is 0 Å². The predicted molar refractivity (Wildman–Crippen MR) is 47.6 cm³/mol. The van der Waals surface area contributed by atoms with Gasteiger partial charge in [0, 0.05) is 5.69 Å². The first-order valence-corrected chi connectivity index (χ1v) is 4.17. The van der Waals surface area contributed by atoms with Gasteiger partial charge in [-0.05, 0) is 26.8 Å². The van der Waals surface area contributed by atoms with Gasteiger partial charge in [0.2, 0.25) is 0 Å². The van der Waals surface area contributed by atoms with Crippen molar-refractivity contribution in [2.45, 2.75) is 26.1 Å². The summed E-state index contributed by atoms with van der Waals surface area (Å²) in [6, 6.07) is 1.84. The second-order valence-electron chi connectivity index (χ2n) is 2.79. The molecule has 66 valence electrons. The number of carbonyl (C=O) groups excluding carboxylic acids is 1. The van der Waals surface area contributed by atoms with E-state index in [1.54, 1.807) is 6.92 Å². The van der Waals surface area contributed by atoms with Crippen LogP contribution in [0.25, 0.3) is 0 Å². The highest BCUT2D eigenvalue weighted by atomic mass is 35.5. The van der Waals surface area contributed by atoms with Crippen molar-refractivity contribution in [3.63, 3.8) is 0 Å². The summed E-state index contributed by atoms with van der Waals surface area (Å²) >= 11 is 5.63. The lowest BCUT2D eigenvalue weighted by Crippen LogP contribution is -2.21. The van der Waals surface area contributed by atoms with Crippen LogP contribution in [0.15, 0.2) is 6.07 Å². The van der Waals surface area contributed by atoms with E-state index in [-0.39, 0.29) is 5.91 Å². The average molecular weight is 187 g/mol. The SMILES string of the molecule is Cc1cc(C)n(C(=O)[C@@H](C)Cl)n1. The fourth-order valence-electron chi connectivity index (χ4n) is 1.02. The van der Waals surface area contributed by atoms with E-state index in [4.69, 9.17) is 11.6 Å². The Morgan fingerprint density at radius 2 is 2.25 bits per heavy atom. The third kappa shape index (κ3) is 1.67. The van der Waals surface area contributed by atoms with Gasteiger partial charge < -0.3 is 0 Å². The number of hydrogen-bond acceptors (Lipinski definition) is 2. The summed E-state index contributed by atoms with van der Waals surface area (Å²) in [5.41, 5.74) is 1.66. The van der Waals surface area contributed by atoms with Gasteiger partial charge >= 0.3 is 0 Å². The van der Waals surface area contributed by atoms with Gasteiger partial charge in [-0.2, -0.15) is 5.10 Å². The standard InChI is InChI=1S/C8H11ClN2O/c1-5-4-6(2)11(10-5)8(12)7(3)9/h4,7H,1-3H3/t7-/m1/s1. The molecule has 1 rings (SSSR count). The number of alkyl halides is 1. The van der Waals surface area contributed by atoms with Gasteiger partial charge in [-0.3, -0.25) is 4.79 Å². The first-order valence-electron chi connectivity index (χ1n) is 3.74. The van der Waals surface area contributed by atoms with Crippen LogP contribution in [0.3, 0.4) is 0 Å². The number of carbonyl (C=O) groups is 1. The topological polar surface area (TPSA) is 34.9 Å². The molecule has 0 saturated carbocycles. The molecule has 0 radical (unpaired) electrons. The van der Waals surface area contributed by atoms with Crippen molar-refractivity contribution in [3.8, 4) is 0 Å². The number of hydrogen-bond donors (Lipinski definition) is 0. The molecule has 0 unspecified atom stereocenters. The maximum absolute atomic E-state index is 11.3. The van der Waals surface area contributed by atoms with E-state index in [2.05, 4.69) is 5.10 Å². The molecule has 1 aromatic heterocycles. The fraction of sp³-hybridized carbons (Fsp3) is 0.500. The quantitative estimate of drug-likeness (QED) is 0.627. The zero-order chi connectivity index (χ0) is 9.30. The second kappa shape index (κ2) is 3.27. The Morgan fingerprint density at radius 3 is 2.58 bits per heavy atom. The Bertz CT molecular complexity index is 304. The van der Waals surface area contributed by atoms with Crippen molar-refractivity contribution in [3.05, 3.63) is 17.5 Å². The number of nitrogens with zero attached hydrogens (tertiary/aromatic N) is 2. The van der Waals surface area contributed by atoms with Crippen molar-refractivity contribution in [1.82, 2.24) is 9.78 Å². The minimum atomic E-state index is -0.525. The Kier molecular flexibility index (Phi) is 2.52. The monoisotopic (exact) mass is 186 g/mol. The van der Waals surface area contributed by atoms with Crippen LogP contribution < -0.4 is 0 Å². The minimum absolute atomic E-state index is 0.178. The molecule has 1 heterocycles. The summed E-state index contributed by atoms with van der Waals surface area (Å²) in [7, 11) is 0. The smallest absolute Gasteiger partial charge is 0.264 e. The van der Waals surface area contributed by atoms with Crippen LogP contribution >= 0.6 is 11.6 Å². The molecule has 0 aliphatic heterocycles. The van der Waals surface area contributed by atoms with Gasteiger partial charge in [0.25, 0.3) is 5.91 Å². The lowest BCUT2D eigenvalue weighted by Gasteiger charge is -2.03. The highest BCUT2D eigenvalue weighted by molar-refractivity contribution is 6.30. The highest BCUT2D eigenvalue weighted by Crippen LogP contribution is 2.05. The van der Waals surface area contributed by atoms with E-state index in [1.165, 1.54) is 4.68 Å². The maximum Gasteiger partial charge on any atom is 0.264 e. The van der Waals surface area contributed by atoms with Crippen LogP contribution in [0.1, 0.15) is 23.1 Å². The molecule has 0 saturated heterocycles. The molecule has 1 atom stereocenters. The largest absolute Gasteiger partial charge is 0.271 e. The van der Waals surface area contributed by atoms with Crippen molar-refractivity contribution >= 4 is 17.5 Å². The Hall–Kier alpha value is -0.830. The van der Waals surface area contributed by atoms with Crippen LogP contribution in [0, 0.1) is 13.8 Å². The number of aryl methyl sites for hydroxylation is 2. The van der Waals surface area contributed by atoms with Gasteiger partial charge in [0.1, 0.15) is 5.38 Å². The molecule has 0 aliphatic carbocycles. The molecule has 1 aromatic rings. The Labute approximate surface area is 76.3 Å². The number of halogens is 1. The summed E-state index contributed by atoms with van der Waals surface area (Å²) in [5, 5.41) is 3.49. The van der Waals surface area contributed by atoms with Gasteiger partial charge in [-0.1, -0.05) is 0 Å². The number of rotatable bonds is 1. The highest BCUT2D eigenvalue weighted by Gasteiger charge is 2.14. The first-order chi connectivity index (χ1) is 5.52. The van der Waals surface area contributed by atoms with E-state index in [1.807, 2.05) is 19.9 Å². The lowest BCUT2D eigenvalue weighted by atomic mass is 10.4. The van der Waals surface area contributed by atoms with Crippen molar-refractivity contribution < 1.29 is 4.79 Å². The van der Waals surface area contributed by atoms with Crippen LogP contribution in [0.4, 0.5) is 0 Å². The average Bonchev–Trinajstić information content (AvgIpc) is 2.28. The third-order valence-corrected chi connectivity index (χ3v) is 1.75. The zero-order valence-electron chi connectivity index (χ0n) is 7.34. The number of aromatic nitrogens is 2. The molecule has 0 bridgehead atoms.